The van der Waals surface area contributed by atoms with Gasteiger partial charge in [-0.05, 0) is 37.6 Å². The third kappa shape index (κ3) is 2.89. The highest BCUT2D eigenvalue weighted by Gasteiger charge is 2.44. The summed E-state index contributed by atoms with van der Waals surface area (Å²) >= 11 is 0. The number of likely N-dealkylation sites (N-methyl/N-ethyl adjacent to an activating group) is 1. The van der Waals surface area contributed by atoms with Gasteiger partial charge in [-0.25, -0.2) is 4.39 Å². The molecule has 1 fully saturated rings. The lowest BCUT2D eigenvalue weighted by molar-refractivity contribution is -0.0248. The first-order valence-corrected chi connectivity index (χ1v) is 7.80. The summed E-state index contributed by atoms with van der Waals surface area (Å²) in [6.07, 6.45) is 4.26. The molecule has 0 saturated heterocycles. The fraction of sp³-hybridized carbons (Fsp3) is 0.647. The standard InChI is InChI=1S/C17H26FNO/c1-3-19(4-2)17(11-7-8-12-17)16(20)13-14-9-5-6-10-15(14)18/h5-6,9-10,16,20H,3-4,7-8,11-13H2,1-2H3. The molecular formula is C17H26FNO. The Labute approximate surface area is 121 Å². The Hall–Kier alpha value is -0.930. The van der Waals surface area contributed by atoms with E-state index < -0.39 is 6.10 Å². The van der Waals surface area contributed by atoms with Crippen molar-refractivity contribution in [1.82, 2.24) is 4.90 Å². The van der Waals surface area contributed by atoms with Crippen LogP contribution in [0.15, 0.2) is 24.3 Å². The lowest BCUT2D eigenvalue weighted by Crippen LogP contribution is -2.55. The molecule has 1 N–H and O–H groups in total. The number of halogens is 1. The number of aliphatic hydroxyl groups is 1. The van der Waals surface area contributed by atoms with E-state index in [2.05, 4.69) is 18.7 Å². The van der Waals surface area contributed by atoms with Gasteiger partial charge in [-0.3, -0.25) is 4.90 Å². The van der Waals surface area contributed by atoms with Crippen LogP contribution < -0.4 is 0 Å². The first-order valence-electron chi connectivity index (χ1n) is 7.80. The predicted octanol–water partition coefficient (Wildman–Crippen LogP) is 3.38. The van der Waals surface area contributed by atoms with Gasteiger partial charge in [-0.1, -0.05) is 44.9 Å². The lowest BCUT2D eigenvalue weighted by atomic mass is 9.84. The van der Waals surface area contributed by atoms with E-state index in [-0.39, 0.29) is 11.4 Å². The van der Waals surface area contributed by atoms with Crippen molar-refractivity contribution >= 4 is 0 Å². The van der Waals surface area contributed by atoms with Crippen LogP contribution in [0.25, 0.3) is 0 Å². The zero-order chi connectivity index (χ0) is 14.6. The second-order valence-electron chi connectivity index (χ2n) is 5.79. The average Bonchev–Trinajstić information content (AvgIpc) is 2.93. The molecule has 1 unspecified atom stereocenters. The van der Waals surface area contributed by atoms with Crippen molar-refractivity contribution < 1.29 is 9.50 Å². The number of hydrogen-bond donors (Lipinski definition) is 1. The first-order chi connectivity index (χ1) is 9.64. The van der Waals surface area contributed by atoms with Crippen LogP contribution in [0.3, 0.4) is 0 Å². The molecule has 0 bridgehead atoms. The molecule has 1 aliphatic rings. The van der Waals surface area contributed by atoms with Crippen molar-refractivity contribution in [3.05, 3.63) is 35.6 Å². The SMILES string of the molecule is CCN(CC)C1(C(O)Cc2ccccc2F)CCCC1. The average molecular weight is 279 g/mol. The van der Waals surface area contributed by atoms with Gasteiger partial charge in [-0.15, -0.1) is 0 Å². The quantitative estimate of drug-likeness (QED) is 0.863. The number of nitrogens with zero attached hydrogens (tertiary/aromatic N) is 1. The molecule has 0 radical (unpaired) electrons. The van der Waals surface area contributed by atoms with E-state index in [9.17, 15) is 9.50 Å². The summed E-state index contributed by atoms with van der Waals surface area (Å²) in [4.78, 5) is 2.37. The van der Waals surface area contributed by atoms with E-state index in [1.807, 2.05) is 6.07 Å². The maximum atomic E-state index is 13.8. The van der Waals surface area contributed by atoms with Gasteiger partial charge in [0, 0.05) is 12.0 Å². The van der Waals surface area contributed by atoms with Crippen LogP contribution in [0.5, 0.6) is 0 Å². The van der Waals surface area contributed by atoms with E-state index in [0.717, 1.165) is 38.8 Å². The molecule has 1 atom stereocenters. The summed E-state index contributed by atoms with van der Waals surface area (Å²) in [5.74, 6) is -0.209. The molecule has 3 heteroatoms. The topological polar surface area (TPSA) is 23.5 Å². The molecule has 1 saturated carbocycles. The number of rotatable bonds is 6. The fourth-order valence-electron chi connectivity index (χ4n) is 3.76. The molecule has 0 spiro atoms. The Morgan fingerprint density at radius 1 is 1.20 bits per heavy atom. The third-order valence-electron chi connectivity index (χ3n) is 4.85. The molecule has 1 aromatic rings. The van der Waals surface area contributed by atoms with Gasteiger partial charge in [0.25, 0.3) is 0 Å². The Kier molecular flexibility index (Phi) is 5.17. The summed E-state index contributed by atoms with van der Waals surface area (Å²) in [6, 6.07) is 6.79. The van der Waals surface area contributed by atoms with Gasteiger partial charge in [0.2, 0.25) is 0 Å². The molecule has 2 nitrogen and oxygen atoms in total. The monoisotopic (exact) mass is 279 g/mol. The Bertz CT molecular complexity index is 425. The molecule has 0 amide bonds. The van der Waals surface area contributed by atoms with Crippen LogP contribution in [-0.2, 0) is 6.42 Å². The zero-order valence-electron chi connectivity index (χ0n) is 12.6. The van der Waals surface area contributed by atoms with Crippen molar-refractivity contribution in [2.24, 2.45) is 0 Å². The minimum atomic E-state index is -0.498. The maximum absolute atomic E-state index is 13.8. The maximum Gasteiger partial charge on any atom is 0.126 e. The molecular weight excluding hydrogens is 253 g/mol. The highest BCUT2D eigenvalue weighted by molar-refractivity contribution is 5.19. The number of benzene rings is 1. The van der Waals surface area contributed by atoms with Gasteiger partial charge in [0.1, 0.15) is 5.82 Å². The summed E-state index contributed by atoms with van der Waals surface area (Å²) in [5.41, 5.74) is 0.463. The van der Waals surface area contributed by atoms with Crippen LogP contribution in [-0.4, -0.2) is 34.7 Å². The first kappa shape index (κ1) is 15.5. The van der Waals surface area contributed by atoms with Crippen LogP contribution in [0.2, 0.25) is 0 Å². The minimum Gasteiger partial charge on any atom is -0.391 e. The molecule has 0 heterocycles. The molecule has 112 valence electrons. The van der Waals surface area contributed by atoms with Gasteiger partial charge >= 0.3 is 0 Å². The molecule has 0 aliphatic heterocycles. The predicted molar refractivity (Wildman–Crippen MR) is 80.2 cm³/mol. The van der Waals surface area contributed by atoms with Crippen molar-refractivity contribution in [2.75, 3.05) is 13.1 Å². The van der Waals surface area contributed by atoms with E-state index in [1.54, 1.807) is 12.1 Å². The van der Waals surface area contributed by atoms with Crippen molar-refractivity contribution in [2.45, 2.75) is 57.6 Å². The van der Waals surface area contributed by atoms with Crippen LogP contribution in [0, 0.1) is 5.82 Å². The van der Waals surface area contributed by atoms with Gasteiger partial charge in [-0.2, -0.15) is 0 Å². The van der Waals surface area contributed by atoms with Crippen molar-refractivity contribution in [3.8, 4) is 0 Å². The highest BCUT2D eigenvalue weighted by atomic mass is 19.1. The second kappa shape index (κ2) is 6.68. The molecule has 20 heavy (non-hydrogen) atoms. The largest absolute Gasteiger partial charge is 0.391 e. The summed E-state index contributed by atoms with van der Waals surface area (Å²) in [6.45, 7) is 6.15. The second-order valence-corrected chi connectivity index (χ2v) is 5.79. The van der Waals surface area contributed by atoms with Gasteiger partial charge in [0.15, 0.2) is 0 Å². The molecule has 1 aliphatic carbocycles. The normalized spacial score (nSPS) is 19.4. The van der Waals surface area contributed by atoms with E-state index in [1.165, 1.54) is 6.07 Å². The lowest BCUT2D eigenvalue weighted by Gasteiger charge is -2.44. The highest BCUT2D eigenvalue weighted by Crippen LogP contribution is 2.39. The van der Waals surface area contributed by atoms with Crippen molar-refractivity contribution in [3.63, 3.8) is 0 Å². The summed E-state index contributed by atoms with van der Waals surface area (Å²) in [5, 5.41) is 10.8. The third-order valence-corrected chi connectivity index (χ3v) is 4.85. The smallest absolute Gasteiger partial charge is 0.126 e. The Morgan fingerprint density at radius 3 is 2.35 bits per heavy atom. The zero-order valence-corrected chi connectivity index (χ0v) is 12.6. The van der Waals surface area contributed by atoms with E-state index in [0.29, 0.717) is 12.0 Å². The van der Waals surface area contributed by atoms with Crippen LogP contribution in [0.4, 0.5) is 4.39 Å². The van der Waals surface area contributed by atoms with Gasteiger partial charge in [0.05, 0.1) is 6.10 Å². The van der Waals surface area contributed by atoms with Gasteiger partial charge < -0.3 is 5.11 Å². The van der Waals surface area contributed by atoms with Crippen molar-refractivity contribution in [1.29, 1.82) is 0 Å². The minimum absolute atomic E-state index is 0.161. The fourth-order valence-corrected chi connectivity index (χ4v) is 3.76. The number of aliphatic hydroxyl groups excluding tert-OH is 1. The summed E-state index contributed by atoms with van der Waals surface area (Å²) in [7, 11) is 0. The molecule has 2 rings (SSSR count). The molecule has 0 aromatic heterocycles. The van der Waals surface area contributed by atoms with Crippen LogP contribution >= 0.6 is 0 Å². The van der Waals surface area contributed by atoms with E-state index >= 15 is 0 Å². The van der Waals surface area contributed by atoms with Crippen LogP contribution in [0.1, 0.15) is 45.1 Å². The number of hydrogen-bond acceptors (Lipinski definition) is 2. The molecule has 1 aromatic carbocycles. The Morgan fingerprint density at radius 2 is 1.80 bits per heavy atom. The summed E-state index contributed by atoms with van der Waals surface area (Å²) < 4.78 is 13.8. The Balaban J connectivity index is 2.19. The van der Waals surface area contributed by atoms with E-state index in [4.69, 9.17) is 0 Å².